The Labute approximate surface area is 145 Å². The maximum absolute atomic E-state index is 12.7. The highest BCUT2D eigenvalue weighted by molar-refractivity contribution is 5.35. The van der Waals surface area contributed by atoms with Gasteiger partial charge in [-0.2, -0.15) is 17.9 Å². The van der Waals surface area contributed by atoms with Crippen LogP contribution in [0.2, 0.25) is 0 Å². The monoisotopic (exact) mass is 356 g/mol. The fraction of sp³-hybridized carbons (Fsp3) is 0.562. The van der Waals surface area contributed by atoms with Gasteiger partial charge in [0.1, 0.15) is 0 Å². The quantitative estimate of drug-likeness (QED) is 0.846. The van der Waals surface area contributed by atoms with Crippen LogP contribution >= 0.6 is 0 Å². The second kappa shape index (κ2) is 7.49. The lowest BCUT2D eigenvalue weighted by Crippen LogP contribution is -2.49. The van der Waals surface area contributed by atoms with Crippen molar-refractivity contribution >= 4 is 0 Å². The average molecular weight is 356 g/mol. The standard InChI is InChI=1S/C15H19F3N6.CH4/c1-11-9-23(8-7-22(11)2)10-14-19-20-21-24(14)13-5-3-12(4-6-13)15(16,17)18;/h3-6,11H,7-10H2,1-2H3;1H4. The van der Waals surface area contributed by atoms with Crippen LogP contribution in [-0.2, 0) is 12.7 Å². The lowest BCUT2D eigenvalue weighted by molar-refractivity contribution is -0.137. The molecule has 0 N–H and O–H groups in total. The van der Waals surface area contributed by atoms with E-state index in [0.717, 1.165) is 31.8 Å². The highest BCUT2D eigenvalue weighted by Gasteiger charge is 2.30. The van der Waals surface area contributed by atoms with Crippen LogP contribution in [0.15, 0.2) is 24.3 Å². The zero-order valence-electron chi connectivity index (χ0n) is 13.5. The summed E-state index contributed by atoms with van der Waals surface area (Å²) in [6.45, 7) is 5.48. The Morgan fingerprint density at radius 1 is 1.16 bits per heavy atom. The molecule has 1 aromatic carbocycles. The summed E-state index contributed by atoms with van der Waals surface area (Å²) in [7, 11) is 2.09. The van der Waals surface area contributed by atoms with Crippen LogP contribution < -0.4 is 0 Å². The van der Waals surface area contributed by atoms with Crippen LogP contribution in [0.5, 0.6) is 0 Å². The molecule has 138 valence electrons. The van der Waals surface area contributed by atoms with Gasteiger partial charge in [0.15, 0.2) is 5.82 Å². The van der Waals surface area contributed by atoms with Gasteiger partial charge >= 0.3 is 6.18 Å². The summed E-state index contributed by atoms with van der Waals surface area (Å²) in [5, 5.41) is 11.6. The molecule has 3 rings (SSSR count). The van der Waals surface area contributed by atoms with E-state index in [2.05, 4.69) is 39.3 Å². The molecule has 0 radical (unpaired) electrons. The first-order chi connectivity index (χ1) is 11.3. The van der Waals surface area contributed by atoms with E-state index in [1.807, 2.05) is 0 Å². The van der Waals surface area contributed by atoms with E-state index >= 15 is 0 Å². The normalized spacial score (nSPS) is 19.6. The van der Waals surface area contributed by atoms with Crippen LogP contribution in [0.3, 0.4) is 0 Å². The number of benzene rings is 1. The number of nitrogens with zero attached hydrogens (tertiary/aromatic N) is 6. The Bertz CT molecular complexity index is 682. The fourth-order valence-electron chi connectivity index (χ4n) is 2.76. The van der Waals surface area contributed by atoms with Gasteiger partial charge in [0.05, 0.1) is 17.8 Å². The van der Waals surface area contributed by atoms with Crippen LogP contribution in [0.1, 0.15) is 25.7 Å². The van der Waals surface area contributed by atoms with Crippen molar-refractivity contribution in [3.8, 4) is 5.69 Å². The number of aromatic nitrogens is 4. The molecule has 1 atom stereocenters. The average Bonchev–Trinajstić information content (AvgIpc) is 2.98. The van der Waals surface area contributed by atoms with Gasteiger partial charge < -0.3 is 4.90 Å². The number of hydrogen-bond donors (Lipinski definition) is 0. The maximum Gasteiger partial charge on any atom is 0.416 e. The largest absolute Gasteiger partial charge is 0.416 e. The molecule has 25 heavy (non-hydrogen) atoms. The van der Waals surface area contributed by atoms with Gasteiger partial charge in [-0.15, -0.1) is 5.10 Å². The number of alkyl halides is 3. The first-order valence-corrected chi connectivity index (χ1v) is 7.72. The number of piperazine rings is 1. The van der Waals surface area contributed by atoms with E-state index in [9.17, 15) is 13.2 Å². The second-order valence-electron chi connectivity index (χ2n) is 6.12. The van der Waals surface area contributed by atoms with Crippen molar-refractivity contribution in [1.29, 1.82) is 0 Å². The first kappa shape index (κ1) is 19.3. The molecule has 9 heteroatoms. The molecule has 1 aliphatic rings. The number of tetrazole rings is 1. The Kier molecular flexibility index (Phi) is 5.79. The number of halogens is 3. The topological polar surface area (TPSA) is 50.1 Å². The van der Waals surface area contributed by atoms with Gasteiger partial charge in [-0.1, -0.05) is 7.43 Å². The first-order valence-electron chi connectivity index (χ1n) is 7.72. The summed E-state index contributed by atoms with van der Waals surface area (Å²) in [6.07, 6.45) is -4.35. The van der Waals surface area contributed by atoms with E-state index in [-0.39, 0.29) is 7.43 Å². The van der Waals surface area contributed by atoms with Crippen LogP contribution in [0.25, 0.3) is 5.69 Å². The Morgan fingerprint density at radius 2 is 1.84 bits per heavy atom. The molecule has 1 fully saturated rings. The second-order valence-corrected chi connectivity index (χ2v) is 6.12. The lowest BCUT2D eigenvalue weighted by Gasteiger charge is -2.37. The Morgan fingerprint density at radius 3 is 2.44 bits per heavy atom. The summed E-state index contributed by atoms with van der Waals surface area (Å²) in [5.41, 5.74) is -0.168. The van der Waals surface area contributed by atoms with E-state index in [1.165, 1.54) is 16.8 Å². The predicted molar refractivity (Wildman–Crippen MR) is 88.3 cm³/mol. The molecule has 1 aliphatic heterocycles. The highest BCUT2D eigenvalue weighted by atomic mass is 19.4. The number of rotatable bonds is 3. The molecule has 1 saturated heterocycles. The molecule has 1 aromatic heterocycles. The van der Waals surface area contributed by atoms with Crippen molar-refractivity contribution < 1.29 is 13.2 Å². The van der Waals surface area contributed by atoms with Crippen molar-refractivity contribution in [3.05, 3.63) is 35.7 Å². The third-order valence-electron chi connectivity index (χ3n) is 4.38. The number of hydrogen-bond acceptors (Lipinski definition) is 5. The van der Waals surface area contributed by atoms with E-state index in [0.29, 0.717) is 24.1 Å². The molecule has 0 spiro atoms. The Hall–Kier alpha value is -2.00. The fourth-order valence-corrected chi connectivity index (χ4v) is 2.76. The highest BCUT2D eigenvalue weighted by Crippen LogP contribution is 2.29. The SMILES string of the molecule is C.CC1CN(Cc2nnnn2-c2ccc(C(F)(F)F)cc2)CCN1C. The minimum Gasteiger partial charge on any atom is -0.301 e. The van der Waals surface area contributed by atoms with Gasteiger partial charge in [-0.05, 0) is 48.7 Å². The van der Waals surface area contributed by atoms with E-state index in [1.54, 1.807) is 0 Å². The maximum atomic E-state index is 12.7. The minimum atomic E-state index is -4.35. The van der Waals surface area contributed by atoms with Crippen molar-refractivity contribution in [1.82, 2.24) is 30.0 Å². The molecular formula is C16H23F3N6. The molecule has 2 aromatic rings. The Balaban J connectivity index is 0.00000225. The lowest BCUT2D eigenvalue weighted by atomic mass is 10.2. The van der Waals surface area contributed by atoms with Crippen LogP contribution in [0, 0.1) is 0 Å². The molecule has 0 saturated carbocycles. The van der Waals surface area contributed by atoms with Gasteiger partial charge in [0.2, 0.25) is 0 Å². The third kappa shape index (κ3) is 4.35. The third-order valence-corrected chi connectivity index (χ3v) is 4.38. The summed E-state index contributed by atoms with van der Waals surface area (Å²) in [5.74, 6) is 0.617. The summed E-state index contributed by atoms with van der Waals surface area (Å²) >= 11 is 0. The van der Waals surface area contributed by atoms with E-state index in [4.69, 9.17) is 0 Å². The van der Waals surface area contributed by atoms with Gasteiger partial charge in [-0.25, -0.2) is 0 Å². The van der Waals surface area contributed by atoms with Gasteiger partial charge in [0, 0.05) is 25.7 Å². The molecule has 1 unspecified atom stereocenters. The molecular weight excluding hydrogens is 333 g/mol. The summed E-state index contributed by atoms with van der Waals surface area (Å²) < 4.78 is 39.5. The smallest absolute Gasteiger partial charge is 0.301 e. The van der Waals surface area contributed by atoms with Crippen molar-refractivity contribution in [2.24, 2.45) is 0 Å². The van der Waals surface area contributed by atoms with E-state index < -0.39 is 11.7 Å². The summed E-state index contributed by atoms with van der Waals surface area (Å²) in [4.78, 5) is 4.53. The zero-order chi connectivity index (χ0) is 17.3. The van der Waals surface area contributed by atoms with Crippen molar-refractivity contribution in [3.63, 3.8) is 0 Å². The molecule has 2 heterocycles. The van der Waals surface area contributed by atoms with Crippen LogP contribution in [0.4, 0.5) is 13.2 Å². The minimum absolute atomic E-state index is 0. The molecule has 0 amide bonds. The molecule has 6 nitrogen and oxygen atoms in total. The van der Waals surface area contributed by atoms with Crippen molar-refractivity contribution in [2.75, 3.05) is 26.7 Å². The van der Waals surface area contributed by atoms with Crippen LogP contribution in [-0.4, -0.2) is 62.7 Å². The van der Waals surface area contributed by atoms with Gasteiger partial charge in [0.25, 0.3) is 0 Å². The molecule has 0 aliphatic carbocycles. The van der Waals surface area contributed by atoms with Gasteiger partial charge in [-0.3, -0.25) is 4.90 Å². The van der Waals surface area contributed by atoms with Crippen molar-refractivity contribution in [2.45, 2.75) is 33.1 Å². The predicted octanol–water partition coefficient (Wildman–Crippen LogP) is 2.45. The molecule has 0 bridgehead atoms. The summed E-state index contributed by atoms with van der Waals surface area (Å²) in [6, 6.07) is 5.29. The zero-order valence-corrected chi connectivity index (χ0v) is 13.5. The number of likely N-dealkylation sites (N-methyl/N-ethyl adjacent to an activating group) is 1.